The van der Waals surface area contributed by atoms with Crippen molar-refractivity contribution in [3.05, 3.63) is 11.1 Å². The highest BCUT2D eigenvalue weighted by atomic mass is 79.9. The lowest BCUT2D eigenvalue weighted by atomic mass is 10.5. The maximum atomic E-state index is 11.7. The number of carbonyl (C=O) groups excluding carboxylic acids is 1. The summed E-state index contributed by atoms with van der Waals surface area (Å²) in [6.07, 6.45) is 0. The average Bonchev–Trinajstić information content (AvgIpc) is 2.28. The van der Waals surface area contributed by atoms with Gasteiger partial charge in [0, 0.05) is 11.5 Å². The minimum absolute atomic E-state index is 0.188. The van der Waals surface area contributed by atoms with Crippen molar-refractivity contribution in [2.45, 2.75) is 19.6 Å². The second kappa shape index (κ2) is 8.98. The molecule has 104 valence electrons. The smallest absolute Gasteiger partial charge is 0.298 e. The van der Waals surface area contributed by atoms with E-state index in [4.69, 9.17) is 4.74 Å². The number of carbonyl (C=O) groups is 1. The minimum atomic E-state index is -1.50. The molecule has 0 unspecified atom stereocenters. The first-order valence-electron chi connectivity index (χ1n) is 5.87. The lowest BCUT2D eigenvalue weighted by molar-refractivity contribution is -0.123. The Morgan fingerprint density at radius 1 is 1.37 bits per heavy atom. The Bertz CT molecular complexity index is 446. The molecule has 1 amide bonds. The van der Waals surface area contributed by atoms with Crippen LogP contribution in [0.4, 0.5) is 0 Å². The van der Waals surface area contributed by atoms with Crippen molar-refractivity contribution in [2.24, 2.45) is 0 Å². The number of halogens is 1. The molecule has 0 aromatic carbocycles. The summed E-state index contributed by atoms with van der Waals surface area (Å²) >= 11 is 3.19. The third-order valence-corrected chi connectivity index (χ3v) is 2.87. The van der Waals surface area contributed by atoms with Gasteiger partial charge in [-0.2, -0.15) is 0 Å². The molecule has 0 rings (SSSR count). The molecule has 0 bridgehead atoms. The number of rotatable bonds is 4. The van der Waals surface area contributed by atoms with E-state index in [0.29, 0.717) is 19.8 Å². The topological polar surface area (TPSA) is 29.5 Å². The zero-order valence-corrected chi connectivity index (χ0v) is 14.6. The maximum Gasteiger partial charge on any atom is 0.298 e. The zero-order chi connectivity index (χ0) is 14.9. The fourth-order valence-electron chi connectivity index (χ4n) is 0.847. The van der Waals surface area contributed by atoms with E-state index in [1.54, 1.807) is 7.05 Å². The maximum absolute atomic E-state index is 11.7. The van der Waals surface area contributed by atoms with Crippen LogP contribution in [-0.2, 0) is 9.53 Å². The Balaban J connectivity index is 4.07. The van der Waals surface area contributed by atoms with Gasteiger partial charge in [-0.05, 0) is 5.92 Å². The van der Waals surface area contributed by atoms with Gasteiger partial charge in [0.15, 0.2) is 0 Å². The molecule has 0 saturated carbocycles. The van der Waals surface area contributed by atoms with E-state index in [1.165, 1.54) is 4.90 Å². The number of hydrogen-bond acceptors (Lipinski definition) is 2. The predicted octanol–water partition coefficient (Wildman–Crippen LogP) is 2.25. The molecule has 0 N–H and O–H groups in total. The van der Waals surface area contributed by atoms with Gasteiger partial charge in [-0.25, -0.2) is 0 Å². The van der Waals surface area contributed by atoms with Gasteiger partial charge in [0.25, 0.3) is 5.91 Å². The number of ether oxygens (including phenoxy) is 1. The van der Waals surface area contributed by atoms with E-state index in [0.717, 1.165) is 4.48 Å². The number of amides is 1. The molecule has 0 radical (unpaired) electrons. The second-order valence-corrected chi connectivity index (χ2v) is 10.9. The van der Waals surface area contributed by atoms with E-state index < -0.39 is 8.07 Å². The quantitative estimate of drug-likeness (QED) is 0.446. The normalized spacial score (nSPS) is 9.74. The largest absolute Gasteiger partial charge is 0.364 e. The molecule has 0 aliphatic heterocycles. The van der Waals surface area contributed by atoms with Gasteiger partial charge < -0.3 is 9.64 Å². The van der Waals surface area contributed by atoms with E-state index in [1.807, 2.05) is 0 Å². The van der Waals surface area contributed by atoms with Crippen LogP contribution in [-0.4, -0.2) is 45.7 Å². The second-order valence-electron chi connectivity index (χ2n) is 5.02. The van der Waals surface area contributed by atoms with Crippen molar-refractivity contribution >= 4 is 29.9 Å². The lowest BCUT2D eigenvalue weighted by Crippen LogP contribution is -2.26. The summed E-state index contributed by atoms with van der Waals surface area (Å²) in [4.78, 5) is 13.2. The molecule has 19 heavy (non-hydrogen) atoms. The molecule has 0 aromatic rings. The Morgan fingerprint density at radius 2 is 2.00 bits per heavy atom. The van der Waals surface area contributed by atoms with Gasteiger partial charge in [0.2, 0.25) is 0 Å². The highest BCUT2D eigenvalue weighted by molar-refractivity contribution is 9.11. The molecular formula is C14H20BrNO2Si. The van der Waals surface area contributed by atoms with Crippen molar-refractivity contribution in [3.63, 3.8) is 0 Å². The molecule has 0 saturated heterocycles. The van der Waals surface area contributed by atoms with E-state index in [-0.39, 0.29) is 5.91 Å². The molecule has 0 spiro atoms. The molecule has 0 aromatic heterocycles. The Hall–Kier alpha value is -1.01. The fourth-order valence-corrected chi connectivity index (χ4v) is 1.49. The number of hydrogen-bond donors (Lipinski definition) is 0. The van der Waals surface area contributed by atoms with Crippen LogP contribution in [0, 0.1) is 23.3 Å². The highest BCUT2D eigenvalue weighted by Crippen LogP contribution is 1.99. The van der Waals surface area contributed by atoms with Crippen LogP contribution in [0.1, 0.15) is 0 Å². The van der Waals surface area contributed by atoms with Crippen LogP contribution in [0.2, 0.25) is 19.6 Å². The van der Waals surface area contributed by atoms with E-state index in [9.17, 15) is 4.79 Å². The predicted molar refractivity (Wildman–Crippen MR) is 85.4 cm³/mol. The molecule has 0 atom stereocenters. The van der Waals surface area contributed by atoms with Crippen molar-refractivity contribution in [2.75, 3.05) is 26.8 Å². The van der Waals surface area contributed by atoms with Gasteiger partial charge in [-0.3, -0.25) is 4.79 Å². The molecule has 0 fully saturated rings. The van der Waals surface area contributed by atoms with Crippen LogP contribution >= 0.6 is 15.9 Å². The minimum Gasteiger partial charge on any atom is -0.364 e. The van der Waals surface area contributed by atoms with Crippen molar-refractivity contribution in [1.29, 1.82) is 0 Å². The first-order chi connectivity index (χ1) is 8.72. The number of nitrogens with zero attached hydrogens (tertiary/aromatic N) is 1. The molecule has 5 heteroatoms. The molecular weight excluding hydrogens is 322 g/mol. The van der Waals surface area contributed by atoms with Gasteiger partial charge in [0.1, 0.15) is 14.7 Å². The van der Waals surface area contributed by atoms with Gasteiger partial charge in [-0.1, -0.05) is 54.0 Å². The average molecular weight is 342 g/mol. The lowest BCUT2D eigenvalue weighted by Gasteiger charge is -2.09. The first kappa shape index (κ1) is 18.0. The summed E-state index contributed by atoms with van der Waals surface area (Å²) in [5.74, 6) is 8.18. The van der Waals surface area contributed by atoms with Crippen LogP contribution < -0.4 is 0 Å². The zero-order valence-electron chi connectivity index (χ0n) is 12.0. The van der Waals surface area contributed by atoms with Crippen molar-refractivity contribution < 1.29 is 9.53 Å². The Labute approximate surface area is 125 Å². The third-order valence-electron chi connectivity index (χ3n) is 1.77. The van der Waals surface area contributed by atoms with Crippen LogP contribution in [0.5, 0.6) is 0 Å². The highest BCUT2D eigenvalue weighted by Gasteiger charge is 2.09. The Morgan fingerprint density at radius 3 is 2.53 bits per heavy atom. The molecule has 3 nitrogen and oxygen atoms in total. The van der Waals surface area contributed by atoms with Gasteiger partial charge >= 0.3 is 0 Å². The molecule has 0 heterocycles. The standard InChI is InChI=1S/C14H20BrNO2Si/c1-13(15)12-18-10-7-6-9-16(2)14(17)8-11-19(3,4)5/h1,9-10,12H2,2-5H3. The van der Waals surface area contributed by atoms with Crippen LogP contribution in [0.25, 0.3) is 0 Å². The van der Waals surface area contributed by atoms with Crippen LogP contribution in [0.15, 0.2) is 11.1 Å². The van der Waals surface area contributed by atoms with Crippen LogP contribution in [0.3, 0.4) is 0 Å². The van der Waals surface area contributed by atoms with E-state index >= 15 is 0 Å². The summed E-state index contributed by atoms with van der Waals surface area (Å²) in [5, 5.41) is 0. The SMILES string of the molecule is C=C(Br)COCC#CCN(C)C(=O)C#C[Si](C)(C)C. The third kappa shape index (κ3) is 11.8. The summed E-state index contributed by atoms with van der Waals surface area (Å²) < 4.78 is 5.96. The first-order valence-corrected chi connectivity index (χ1v) is 10.2. The molecule has 0 aliphatic rings. The van der Waals surface area contributed by atoms with Crippen molar-refractivity contribution in [3.8, 4) is 23.3 Å². The van der Waals surface area contributed by atoms with Crippen molar-refractivity contribution in [1.82, 2.24) is 4.90 Å². The van der Waals surface area contributed by atoms with E-state index in [2.05, 4.69) is 65.5 Å². The monoisotopic (exact) mass is 341 g/mol. The summed E-state index contributed by atoms with van der Waals surface area (Å²) in [7, 11) is 0.189. The fraction of sp³-hybridized carbons (Fsp3) is 0.500. The summed E-state index contributed by atoms with van der Waals surface area (Å²) in [6, 6.07) is 0. The Kier molecular flexibility index (Phi) is 8.50. The van der Waals surface area contributed by atoms with Gasteiger partial charge in [0.05, 0.1) is 13.2 Å². The summed E-state index contributed by atoms with van der Waals surface area (Å²) in [6.45, 7) is 11.1. The van der Waals surface area contributed by atoms with Gasteiger partial charge in [-0.15, -0.1) is 5.54 Å². The molecule has 0 aliphatic carbocycles. The summed E-state index contributed by atoms with van der Waals surface area (Å²) in [5.41, 5.74) is 3.04.